The SMILES string of the molecule is CNS(=O)(=O)CCNc1ccc(C)c([N+](=O)[O-])c1. The monoisotopic (exact) mass is 273 g/mol. The van der Waals surface area contributed by atoms with Gasteiger partial charge in [0.15, 0.2) is 0 Å². The van der Waals surface area contributed by atoms with Crippen LogP contribution in [0.2, 0.25) is 0 Å². The standard InChI is InChI=1S/C10H15N3O4S/c1-8-3-4-9(7-10(8)13(14)15)12-5-6-18(16,17)11-2/h3-4,7,11-12H,5-6H2,1-2H3. The zero-order valence-corrected chi connectivity index (χ0v) is 11.0. The molecule has 0 aliphatic carbocycles. The highest BCUT2D eigenvalue weighted by molar-refractivity contribution is 7.89. The Morgan fingerprint density at radius 2 is 2.06 bits per heavy atom. The maximum Gasteiger partial charge on any atom is 0.274 e. The summed E-state index contributed by atoms with van der Waals surface area (Å²) in [6, 6.07) is 4.68. The highest BCUT2D eigenvalue weighted by Crippen LogP contribution is 2.21. The highest BCUT2D eigenvalue weighted by Gasteiger charge is 2.11. The molecule has 100 valence electrons. The molecule has 0 spiro atoms. The smallest absolute Gasteiger partial charge is 0.274 e. The van der Waals surface area contributed by atoms with Gasteiger partial charge in [-0.25, -0.2) is 13.1 Å². The van der Waals surface area contributed by atoms with E-state index in [4.69, 9.17) is 0 Å². The molecule has 7 nitrogen and oxygen atoms in total. The molecule has 1 rings (SSSR count). The molecule has 1 aromatic rings. The third-order valence-electron chi connectivity index (χ3n) is 2.42. The van der Waals surface area contributed by atoms with Crippen molar-refractivity contribution in [2.24, 2.45) is 0 Å². The van der Waals surface area contributed by atoms with Crippen molar-refractivity contribution in [3.63, 3.8) is 0 Å². The normalized spacial score (nSPS) is 11.2. The van der Waals surface area contributed by atoms with E-state index in [-0.39, 0.29) is 18.0 Å². The predicted molar refractivity (Wildman–Crippen MR) is 69.2 cm³/mol. The number of hydrogen-bond acceptors (Lipinski definition) is 5. The van der Waals surface area contributed by atoms with Crippen LogP contribution in [0.1, 0.15) is 5.56 Å². The molecule has 0 fully saturated rings. The first-order valence-electron chi connectivity index (χ1n) is 5.26. The van der Waals surface area contributed by atoms with E-state index in [1.165, 1.54) is 13.1 Å². The van der Waals surface area contributed by atoms with E-state index in [1.807, 2.05) is 0 Å². The van der Waals surface area contributed by atoms with Crippen molar-refractivity contribution in [3.05, 3.63) is 33.9 Å². The van der Waals surface area contributed by atoms with Crippen molar-refractivity contribution < 1.29 is 13.3 Å². The van der Waals surface area contributed by atoms with Crippen molar-refractivity contribution in [2.45, 2.75) is 6.92 Å². The second kappa shape index (κ2) is 5.78. The molecule has 1 aromatic carbocycles. The van der Waals surface area contributed by atoms with E-state index in [2.05, 4.69) is 10.0 Å². The molecular formula is C10H15N3O4S. The number of sulfonamides is 1. The largest absolute Gasteiger partial charge is 0.384 e. The lowest BCUT2D eigenvalue weighted by atomic mass is 10.2. The summed E-state index contributed by atoms with van der Waals surface area (Å²) in [5, 5.41) is 13.6. The van der Waals surface area contributed by atoms with E-state index >= 15 is 0 Å². The average molecular weight is 273 g/mol. The van der Waals surface area contributed by atoms with E-state index in [1.54, 1.807) is 19.1 Å². The van der Waals surface area contributed by atoms with Gasteiger partial charge < -0.3 is 5.32 Å². The van der Waals surface area contributed by atoms with Crippen LogP contribution in [0, 0.1) is 17.0 Å². The van der Waals surface area contributed by atoms with E-state index in [9.17, 15) is 18.5 Å². The topological polar surface area (TPSA) is 101 Å². The molecule has 0 aliphatic heterocycles. The molecule has 18 heavy (non-hydrogen) atoms. The fraction of sp³-hybridized carbons (Fsp3) is 0.400. The van der Waals surface area contributed by atoms with Crippen molar-refractivity contribution in [2.75, 3.05) is 24.7 Å². The van der Waals surface area contributed by atoms with E-state index < -0.39 is 14.9 Å². The number of anilines is 1. The molecule has 0 unspecified atom stereocenters. The van der Waals surface area contributed by atoms with Gasteiger partial charge in [0.2, 0.25) is 10.0 Å². The summed E-state index contributed by atoms with van der Waals surface area (Å²) in [6.07, 6.45) is 0. The lowest BCUT2D eigenvalue weighted by Gasteiger charge is -2.07. The van der Waals surface area contributed by atoms with Crippen molar-refractivity contribution in [1.29, 1.82) is 0 Å². The number of nitro benzene ring substituents is 1. The first-order chi connectivity index (χ1) is 8.35. The van der Waals surface area contributed by atoms with Crippen LogP contribution in [0.25, 0.3) is 0 Å². The van der Waals surface area contributed by atoms with Gasteiger partial charge in [0, 0.05) is 23.9 Å². The van der Waals surface area contributed by atoms with Crippen molar-refractivity contribution >= 4 is 21.4 Å². The second-order valence-corrected chi connectivity index (χ2v) is 5.75. The number of hydrogen-bond donors (Lipinski definition) is 2. The molecule has 0 amide bonds. The van der Waals surface area contributed by atoms with Gasteiger partial charge in [-0.2, -0.15) is 0 Å². The van der Waals surface area contributed by atoms with Crippen LogP contribution < -0.4 is 10.0 Å². The molecule has 8 heteroatoms. The number of nitrogens with one attached hydrogen (secondary N) is 2. The lowest BCUT2D eigenvalue weighted by Crippen LogP contribution is -2.26. The predicted octanol–water partition coefficient (Wildman–Crippen LogP) is 0.864. The highest BCUT2D eigenvalue weighted by atomic mass is 32.2. The van der Waals surface area contributed by atoms with Gasteiger partial charge in [0.05, 0.1) is 10.7 Å². The molecule has 0 aliphatic rings. The number of benzene rings is 1. The van der Waals surface area contributed by atoms with Gasteiger partial charge in [0.1, 0.15) is 0 Å². The van der Waals surface area contributed by atoms with Crippen LogP contribution >= 0.6 is 0 Å². The summed E-state index contributed by atoms with van der Waals surface area (Å²) in [4.78, 5) is 10.3. The van der Waals surface area contributed by atoms with E-state index in [0.717, 1.165) is 0 Å². The van der Waals surface area contributed by atoms with Crippen molar-refractivity contribution in [1.82, 2.24) is 4.72 Å². The minimum atomic E-state index is -3.27. The molecular weight excluding hydrogens is 258 g/mol. The van der Waals surface area contributed by atoms with Gasteiger partial charge in [-0.1, -0.05) is 6.07 Å². The fourth-order valence-corrected chi connectivity index (χ4v) is 1.92. The summed E-state index contributed by atoms with van der Waals surface area (Å²) in [6.45, 7) is 1.83. The Balaban J connectivity index is 2.69. The molecule has 0 aromatic heterocycles. The maximum absolute atomic E-state index is 11.2. The minimum Gasteiger partial charge on any atom is -0.384 e. The van der Waals surface area contributed by atoms with Gasteiger partial charge in [-0.05, 0) is 20.0 Å². The van der Waals surface area contributed by atoms with Crippen LogP contribution in [-0.2, 0) is 10.0 Å². The van der Waals surface area contributed by atoms with Crippen LogP contribution in [-0.4, -0.2) is 32.7 Å². The zero-order chi connectivity index (χ0) is 13.8. The zero-order valence-electron chi connectivity index (χ0n) is 10.1. The van der Waals surface area contributed by atoms with Crippen molar-refractivity contribution in [3.8, 4) is 0 Å². The van der Waals surface area contributed by atoms with Crippen LogP contribution in [0.3, 0.4) is 0 Å². The fourth-order valence-electron chi connectivity index (χ4n) is 1.35. The summed E-state index contributed by atoms with van der Waals surface area (Å²) in [5.74, 6) is -0.0921. The molecule has 2 N–H and O–H groups in total. The molecule has 0 bridgehead atoms. The van der Waals surface area contributed by atoms with Crippen LogP contribution in [0.4, 0.5) is 11.4 Å². The molecule has 0 heterocycles. The Labute approximate surface area is 105 Å². The molecule has 0 saturated carbocycles. The number of aryl methyl sites for hydroxylation is 1. The molecule has 0 atom stereocenters. The molecule has 0 saturated heterocycles. The second-order valence-electron chi connectivity index (χ2n) is 3.71. The Hall–Kier alpha value is -1.67. The Bertz CT molecular complexity index is 542. The van der Waals surface area contributed by atoms with Crippen LogP contribution in [0.5, 0.6) is 0 Å². The van der Waals surface area contributed by atoms with Gasteiger partial charge in [-0.15, -0.1) is 0 Å². The van der Waals surface area contributed by atoms with Gasteiger partial charge in [0.25, 0.3) is 5.69 Å². The summed E-state index contributed by atoms with van der Waals surface area (Å²) in [5.41, 5.74) is 1.10. The maximum atomic E-state index is 11.2. The van der Waals surface area contributed by atoms with Gasteiger partial charge in [-0.3, -0.25) is 10.1 Å². The summed E-state index contributed by atoms with van der Waals surface area (Å²) in [7, 11) is -1.93. The number of rotatable bonds is 6. The third-order valence-corrected chi connectivity index (χ3v) is 3.78. The Kier molecular flexibility index (Phi) is 4.62. The third kappa shape index (κ3) is 3.97. The molecule has 0 radical (unpaired) electrons. The summed E-state index contributed by atoms with van der Waals surface area (Å²) < 4.78 is 24.5. The van der Waals surface area contributed by atoms with Crippen LogP contribution in [0.15, 0.2) is 18.2 Å². The lowest BCUT2D eigenvalue weighted by molar-refractivity contribution is -0.385. The number of nitro groups is 1. The van der Waals surface area contributed by atoms with Gasteiger partial charge >= 0.3 is 0 Å². The average Bonchev–Trinajstić information content (AvgIpc) is 2.31. The first kappa shape index (κ1) is 14.4. The minimum absolute atomic E-state index is 0.0106. The Morgan fingerprint density at radius 3 is 2.61 bits per heavy atom. The quantitative estimate of drug-likeness (QED) is 0.591. The number of nitrogens with zero attached hydrogens (tertiary/aromatic N) is 1. The summed E-state index contributed by atoms with van der Waals surface area (Å²) >= 11 is 0. The Morgan fingerprint density at radius 1 is 1.39 bits per heavy atom. The first-order valence-corrected chi connectivity index (χ1v) is 6.91. The van der Waals surface area contributed by atoms with E-state index in [0.29, 0.717) is 11.3 Å².